The van der Waals surface area contributed by atoms with Crippen molar-refractivity contribution in [1.29, 1.82) is 5.26 Å². The Kier molecular flexibility index (Phi) is 5.77. The lowest BCUT2D eigenvalue weighted by molar-refractivity contribution is 0.669. The van der Waals surface area contributed by atoms with Gasteiger partial charge in [0.25, 0.3) is 0 Å². The summed E-state index contributed by atoms with van der Waals surface area (Å²) in [5.41, 5.74) is 12.0. The van der Waals surface area contributed by atoms with Crippen LogP contribution in [-0.4, -0.2) is 0 Å². The van der Waals surface area contributed by atoms with Gasteiger partial charge in [-0.1, -0.05) is 103 Å². The van der Waals surface area contributed by atoms with Crippen LogP contribution in [0.15, 0.2) is 138 Å². The van der Waals surface area contributed by atoms with E-state index < -0.39 is 0 Å². The molecule has 1 aromatic heterocycles. The van der Waals surface area contributed by atoms with Crippen LogP contribution in [0.4, 0.5) is 0 Å². The van der Waals surface area contributed by atoms with E-state index in [0.29, 0.717) is 5.56 Å². The second-order valence-corrected chi connectivity index (χ2v) is 10.2. The zero-order chi connectivity index (χ0) is 27.1. The second-order valence-electron chi connectivity index (χ2n) is 10.2. The minimum atomic E-state index is 0.680. The fourth-order valence-electron chi connectivity index (χ4n) is 5.50. The van der Waals surface area contributed by atoms with Gasteiger partial charge >= 0.3 is 0 Å². The maximum Gasteiger partial charge on any atom is 0.136 e. The van der Waals surface area contributed by atoms with Crippen molar-refractivity contribution in [2.24, 2.45) is 0 Å². The van der Waals surface area contributed by atoms with Crippen molar-refractivity contribution in [3.63, 3.8) is 0 Å². The highest BCUT2D eigenvalue weighted by molar-refractivity contribution is 6.07. The number of furan rings is 1. The Morgan fingerprint density at radius 2 is 1.05 bits per heavy atom. The quantitative estimate of drug-likeness (QED) is 0.236. The zero-order valence-corrected chi connectivity index (χ0v) is 22.1. The van der Waals surface area contributed by atoms with E-state index in [0.717, 1.165) is 60.9 Å². The zero-order valence-electron chi connectivity index (χ0n) is 22.1. The summed E-state index contributed by atoms with van der Waals surface area (Å²) in [6, 6.07) is 48.5. The minimum absolute atomic E-state index is 0.680. The molecule has 0 aliphatic heterocycles. The summed E-state index contributed by atoms with van der Waals surface area (Å²) >= 11 is 0. The van der Waals surface area contributed by atoms with Crippen molar-refractivity contribution >= 4 is 21.9 Å². The third-order valence-corrected chi connectivity index (χ3v) is 7.61. The highest BCUT2D eigenvalue weighted by Crippen LogP contribution is 2.39. The summed E-state index contributed by atoms with van der Waals surface area (Å²) in [7, 11) is 0. The lowest BCUT2D eigenvalue weighted by Crippen LogP contribution is -1.92. The highest BCUT2D eigenvalue weighted by atomic mass is 16.3. The molecule has 0 aliphatic rings. The summed E-state index contributed by atoms with van der Waals surface area (Å²) < 4.78 is 6.31. The van der Waals surface area contributed by atoms with Gasteiger partial charge < -0.3 is 4.42 Å². The lowest BCUT2D eigenvalue weighted by atomic mass is 9.88. The Morgan fingerprint density at radius 3 is 1.68 bits per heavy atom. The topological polar surface area (TPSA) is 36.9 Å². The van der Waals surface area contributed by atoms with Crippen LogP contribution >= 0.6 is 0 Å². The predicted molar refractivity (Wildman–Crippen MR) is 165 cm³/mol. The van der Waals surface area contributed by atoms with E-state index in [1.807, 2.05) is 36.4 Å². The first-order chi connectivity index (χ1) is 19.7. The molecule has 6 aromatic carbocycles. The molecule has 0 spiro atoms. The molecule has 0 fully saturated rings. The van der Waals surface area contributed by atoms with Crippen LogP contribution in [0.25, 0.3) is 66.4 Å². The molecule has 0 atom stereocenters. The number of aryl methyl sites for hydroxylation is 1. The average molecular weight is 512 g/mol. The normalized spacial score (nSPS) is 11.1. The van der Waals surface area contributed by atoms with Crippen LogP contribution in [0.2, 0.25) is 0 Å². The first-order valence-corrected chi connectivity index (χ1v) is 13.4. The lowest BCUT2D eigenvalue weighted by Gasteiger charge is -2.14. The largest absolute Gasteiger partial charge is 0.456 e. The molecule has 0 aliphatic carbocycles. The Balaban J connectivity index is 1.41. The molecule has 0 saturated heterocycles. The van der Waals surface area contributed by atoms with Gasteiger partial charge in [-0.15, -0.1) is 0 Å². The monoisotopic (exact) mass is 511 g/mol. The maximum absolute atomic E-state index is 10.3. The van der Waals surface area contributed by atoms with E-state index in [1.54, 1.807) is 0 Å². The molecule has 0 unspecified atom stereocenters. The Hall–Kier alpha value is -5.39. The predicted octanol–water partition coefficient (Wildman–Crippen LogP) is 10.4. The molecule has 0 radical (unpaired) electrons. The van der Waals surface area contributed by atoms with Gasteiger partial charge in [0, 0.05) is 21.9 Å². The molecule has 0 amide bonds. The Morgan fingerprint density at radius 1 is 0.475 bits per heavy atom. The molecule has 2 heteroatoms. The average Bonchev–Trinajstić information content (AvgIpc) is 3.39. The minimum Gasteiger partial charge on any atom is -0.456 e. The molecule has 40 heavy (non-hydrogen) atoms. The van der Waals surface area contributed by atoms with Crippen molar-refractivity contribution < 1.29 is 4.42 Å². The van der Waals surface area contributed by atoms with Gasteiger partial charge in [-0.3, -0.25) is 0 Å². The van der Waals surface area contributed by atoms with E-state index in [1.165, 1.54) is 11.1 Å². The Bertz CT molecular complexity index is 1980. The molecular formula is C38H25NO. The molecule has 188 valence electrons. The molecule has 7 aromatic rings. The maximum atomic E-state index is 10.3. The van der Waals surface area contributed by atoms with Crippen LogP contribution < -0.4 is 0 Å². The summed E-state index contributed by atoms with van der Waals surface area (Å²) in [5, 5.41) is 12.4. The number of nitriles is 1. The van der Waals surface area contributed by atoms with Gasteiger partial charge in [0.2, 0.25) is 0 Å². The number of rotatable bonds is 4. The molecular weight excluding hydrogens is 486 g/mol. The molecule has 0 saturated carbocycles. The van der Waals surface area contributed by atoms with Gasteiger partial charge in [0.05, 0.1) is 5.56 Å². The van der Waals surface area contributed by atoms with Crippen molar-refractivity contribution in [3.8, 4) is 50.6 Å². The SMILES string of the molecule is Cc1ccc(-c2ccc3c(c2)oc2ccc(-c4cc(-c5ccccc5)c(C#N)c(-c5ccccc5)c4)cc23)cc1. The Labute approximate surface area is 233 Å². The van der Waals surface area contributed by atoms with Crippen LogP contribution in [-0.2, 0) is 0 Å². The number of benzene rings is 6. The summed E-state index contributed by atoms with van der Waals surface area (Å²) in [6.07, 6.45) is 0. The number of fused-ring (bicyclic) bond motifs is 3. The van der Waals surface area contributed by atoms with E-state index >= 15 is 0 Å². The summed E-state index contributed by atoms with van der Waals surface area (Å²) in [4.78, 5) is 0. The van der Waals surface area contributed by atoms with Gasteiger partial charge in [0.15, 0.2) is 0 Å². The standard InChI is InChI=1S/C38H25NO/c1-25-12-14-26(15-13-25)30-16-18-32-35-20-29(17-19-37(35)40-38(32)23-30)31-21-33(27-8-4-2-5-9-27)36(24-39)34(22-31)28-10-6-3-7-11-28/h2-23H,1H3. The summed E-state index contributed by atoms with van der Waals surface area (Å²) in [5.74, 6) is 0. The van der Waals surface area contributed by atoms with Gasteiger partial charge in [0.1, 0.15) is 17.2 Å². The third-order valence-electron chi connectivity index (χ3n) is 7.61. The fourth-order valence-corrected chi connectivity index (χ4v) is 5.50. The van der Waals surface area contributed by atoms with E-state index in [9.17, 15) is 5.26 Å². The van der Waals surface area contributed by atoms with Crippen LogP contribution in [0.5, 0.6) is 0 Å². The number of hydrogen-bond donors (Lipinski definition) is 0. The smallest absolute Gasteiger partial charge is 0.136 e. The third kappa shape index (κ3) is 4.15. The molecule has 1 heterocycles. The summed E-state index contributed by atoms with van der Waals surface area (Å²) in [6.45, 7) is 2.10. The molecule has 0 bridgehead atoms. The highest BCUT2D eigenvalue weighted by Gasteiger charge is 2.16. The molecule has 2 nitrogen and oxygen atoms in total. The van der Waals surface area contributed by atoms with Gasteiger partial charge in [-0.05, 0) is 76.7 Å². The van der Waals surface area contributed by atoms with E-state index in [-0.39, 0.29) is 0 Å². The van der Waals surface area contributed by atoms with Crippen molar-refractivity contribution in [2.45, 2.75) is 6.92 Å². The van der Waals surface area contributed by atoms with Gasteiger partial charge in [-0.2, -0.15) is 5.26 Å². The number of nitrogens with zero attached hydrogens (tertiary/aromatic N) is 1. The van der Waals surface area contributed by atoms with Crippen LogP contribution in [0.3, 0.4) is 0 Å². The molecule has 0 N–H and O–H groups in total. The van der Waals surface area contributed by atoms with Crippen molar-refractivity contribution in [3.05, 3.63) is 145 Å². The van der Waals surface area contributed by atoms with E-state index in [4.69, 9.17) is 4.42 Å². The first-order valence-electron chi connectivity index (χ1n) is 13.4. The number of hydrogen-bond acceptors (Lipinski definition) is 2. The van der Waals surface area contributed by atoms with E-state index in [2.05, 4.69) is 110 Å². The second kappa shape index (κ2) is 9.73. The first kappa shape index (κ1) is 23.7. The van der Waals surface area contributed by atoms with Crippen molar-refractivity contribution in [2.75, 3.05) is 0 Å². The van der Waals surface area contributed by atoms with Crippen LogP contribution in [0, 0.1) is 18.3 Å². The van der Waals surface area contributed by atoms with Gasteiger partial charge in [-0.25, -0.2) is 0 Å². The fraction of sp³-hybridized carbons (Fsp3) is 0.0263. The van der Waals surface area contributed by atoms with Crippen LogP contribution in [0.1, 0.15) is 11.1 Å². The van der Waals surface area contributed by atoms with Crippen molar-refractivity contribution in [1.82, 2.24) is 0 Å². The molecule has 7 rings (SSSR count).